The van der Waals surface area contributed by atoms with Gasteiger partial charge in [-0.1, -0.05) is 6.92 Å². The first-order valence-corrected chi connectivity index (χ1v) is 13.8. The summed E-state index contributed by atoms with van der Waals surface area (Å²) in [6, 6.07) is 7.88. The van der Waals surface area contributed by atoms with E-state index >= 15 is 0 Å². The van der Waals surface area contributed by atoms with Gasteiger partial charge >= 0.3 is 6.03 Å². The zero-order valence-electron chi connectivity index (χ0n) is 22.1. The van der Waals surface area contributed by atoms with Crippen LogP contribution in [0.25, 0.3) is 0 Å². The van der Waals surface area contributed by atoms with Crippen molar-refractivity contribution in [3.63, 3.8) is 0 Å². The molecule has 0 radical (unpaired) electrons. The van der Waals surface area contributed by atoms with Crippen molar-refractivity contribution in [3.05, 3.63) is 53.8 Å². The number of nitrogens with one attached hydrogen (secondary N) is 2. The van der Waals surface area contributed by atoms with E-state index in [4.69, 9.17) is 4.74 Å². The van der Waals surface area contributed by atoms with Crippen molar-refractivity contribution in [2.75, 3.05) is 31.5 Å². The van der Waals surface area contributed by atoms with Gasteiger partial charge in [0.1, 0.15) is 17.7 Å². The summed E-state index contributed by atoms with van der Waals surface area (Å²) in [6.07, 6.45) is -0.500. The highest BCUT2D eigenvalue weighted by molar-refractivity contribution is 7.92. The van der Waals surface area contributed by atoms with Crippen LogP contribution in [0.2, 0.25) is 0 Å². The number of amides is 3. The molecule has 12 heteroatoms. The molecule has 1 aliphatic rings. The Morgan fingerprint density at radius 2 is 1.87 bits per heavy atom. The molecule has 0 saturated carbocycles. The second-order valence-corrected chi connectivity index (χ2v) is 11.6. The van der Waals surface area contributed by atoms with E-state index in [1.807, 2.05) is 20.8 Å². The first kappa shape index (κ1) is 29.2. The molecule has 0 unspecified atom stereocenters. The number of ether oxygens (including phenoxy) is 1. The zero-order chi connectivity index (χ0) is 28.2. The van der Waals surface area contributed by atoms with Crippen molar-refractivity contribution < 1.29 is 32.2 Å². The molecule has 3 rings (SSSR count). The standard InChI is InChI=1S/C26H35FN4O6S/c1-16(2)28-26(34)30(5)14-24-17(3)13-31(18(4)15-32)25(33)22-12-20(8-11-23(22)37-24)29-38(35,36)21-9-6-19(27)7-10-21/h6-12,16-18,24,29,32H,13-15H2,1-5H3,(H,28,34)/t17-,18+,24+/m1/s1. The van der Waals surface area contributed by atoms with Crippen LogP contribution in [0, 0.1) is 11.7 Å². The summed E-state index contributed by atoms with van der Waals surface area (Å²) in [5.74, 6) is -0.973. The smallest absolute Gasteiger partial charge is 0.317 e. The van der Waals surface area contributed by atoms with Crippen molar-refractivity contribution >= 4 is 27.6 Å². The van der Waals surface area contributed by atoms with E-state index < -0.39 is 33.9 Å². The molecular formula is C26H35FN4O6S. The quantitative estimate of drug-likeness (QED) is 0.464. The van der Waals surface area contributed by atoms with Gasteiger partial charge in [-0.05, 0) is 63.2 Å². The van der Waals surface area contributed by atoms with Crippen molar-refractivity contribution in [2.24, 2.45) is 5.92 Å². The summed E-state index contributed by atoms with van der Waals surface area (Å²) in [7, 11) is -2.40. The van der Waals surface area contributed by atoms with Crippen LogP contribution in [0.5, 0.6) is 5.75 Å². The lowest BCUT2D eigenvalue weighted by Gasteiger charge is -2.38. The molecule has 1 aliphatic heterocycles. The van der Waals surface area contributed by atoms with E-state index in [-0.39, 0.29) is 59.6 Å². The van der Waals surface area contributed by atoms with E-state index in [1.165, 1.54) is 28.0 Å². The van der Waals surface area contributed by atoms with Gasteiger partial charge in [-0.3, -0.25) is 9.52 Å². The molecule has 1 heterocycles. The Bertz CT molecular complexity index is 1250. The van der Waals surface area contributed by atoms with Crippen LogP contribution in [-0.2, 0) is 10.0 Å². The maximum Gasteiger partial charge on any atom is 0.317 e. The molecule has 208 valence electrons. The molecule has 3 N–H and O–H groups in total. The predicted octanol–water partition coefficient (Wildman–Crippen LogP) is 2.90. The second kappa shape index (κ2) is 12.0. The molecule has 2 aromatic carbocycles. The number of aliphatic hydroxyl groups is 1. The van der Waals surface area contributed by atoms with Crippen LogP contribution in [0.1, 0.15) is 38.1 Å². The predicted molar refractivity (Wildman–Crippen MR) is 141 cm³/mol. The first-order valence-electron chi connectivity index (χ1n) is 12.3. The topological polar surface area (TPSA) is 128 Å². The number of urea groups is 1. The number of fused-ring (bicyclic) bond motifs is 1. The van der Waals surface area contributed by atoms with Crippen LogP contribution >= 0.6 is 0 Å². The van der Waals surface area contributed by atoms with E-state index in [0.717, 1.165) is 24.3 Å². The molecule has 3 amide bonds. The lowest BCUT2D eigenvalue weighted by molar-refractivity contribution is 0.0366. The molecule has 10 nitrogen and oxygen atoms in total. The van der Waals surface area contributed by atoms with Crippen LogP contribution in [-0.4, -0.2) is 80.2 Å². The van der Waals surface area contributed by atoms with Gasteiger partial charge in [0.25, 0.3) is 15.9 Å². The van der Waals surface area contributed by atoms with Gasteiger partial charge < -0.3 is 25.0 Å². The molecule has 3 atom stereocenters. The third-order valence-corrected chi connectivity index (χ3v) is 7.65. The number of halogens is 1. The molecule has 0 saturated heterocycles. The number of hydrogen-bond acceptors (Lipinski definition) is 6. The highest BCUT2D eigenvalue weighted by Crippen LogP contribution is 2.31. The largest absolute Gasteiger partial charge is 0.487 e. The van der Waals surface area contributed by atoms with Gasteiger partial charge in [-0.2, -0.15) is 0 Å². The normalized spacial score (nSPS) is 18.6. The summed E-state index contributed by atoms with van der Waals surface area (Å²) in [4.78, 5) is 28.9. The Kier molecular flexibility index (Phi) is 9.21. The molecule has 0 spiro atoms. The fourth-order valence-electron chi connectivity index (χ4n) is 4.04. The van der Waals surface area contributed by atoms with Crippen molar-refractivity contribution in [3.8, 4) is 5.75 Å². The molecule has 0 aromatic heterocycles. The van der Waals surface area contributed by atoms with E-state index in [0.29, 0.717) is 0 Å². The maximum absolute atomic E-state index is 13.6. The SMILES string of the molecule is CC(C)NC(=O)N(C)C[C@@H]1Oc2ccc(NS(=O)(=O)c3ccc(F)cc3)cc2C(=O)N([C@@H](C)CO)C[C@H]1C. The fraction of sp³-hybridized carbons (Fsp3) is 0.462. The minimum atomic E-state index is -4.05. The number of carbonyl (C=O) groups is 2. The Morgan fingerprint density at radius 3 is 2.47 bits per heavy atom. The number of anilines is 1. The van der Waals surface area contributed by atoms with Crippen LogP contribution < -0.4 is 14.8 Å². The van der Waals surface area contributed by atoms with Crippen LogP contribution in [0.4, 0.5) is 14.9 Å². The molecule has 0 bridgehead atoms. The Balaban J connectivity index is 1.96. The third kappa shape index (κ3) is 6.93. The highest BCUT2D eigenvalue weighted by Gasteiger charge is 2.34. The van der Waals surface area contributed by atoms with Gasteiger partial charge in [0.15, 0.2) is 0 Å². The van der Waals surface area contributed by atoms with Crippen molar-refractivity contribution in [1.29, 1.82) is 0 Å². The van der Waals surface area contributed by atoms with Crippen LogP contribution in [0.15, 0.2) is 47.4 Å². The number of likely N-dealkylation sites (N-methyl/N-ethyl adjacent to an activating group) is 1. The molecule has 0 fully saturated rings. The third-order valence-electron chi connectivity index (χ3n) is 6.25. The van der Waals surface area contributed by atoms with Gasteiger partial charge in [-0.25, -0.2) is 17.6 Å². The second-order valence-electron chi connectivity index (χ2n) is 9.88. The average Bonchev–Trinajstić information content (AvgIpc) is 2.85. The minimum absolute atomic E-state index is 0.0445. The van der Waals surface area contributed by atoms with Gasteiger partial charge in [-0.15, -0.1) is 0 Å². The molecule has 0 aliphatic carbocycles. The number of sulfonamides is 1. The monoisotopic (exact) mass is 550 g/mol. The Morgan fingerprint density at radius 1 is 1.21 bits per heavy atom. The van der Waals surface area contributed by atoms with Gasteiger partial charge in [0, 0.05) is 31.2 Å². The summed E-state index contributed by atoms with van der Waals surface area (Å²) in [6.45, 7) is 7.54. The highest BCUT2D eigenvalue weighted by atomic mass is 32.2. The van der Waals surface area contributed by atoms with Gasteiger partial charge in [0.2, 0.25) is 0 Å². The Hall–Kier alpha value is -3.38. The van der Waals surface area contributed by atoms with E-state index in [9.17, 15) is 27.5 Å². The number of nitrogens with zero attached hydrogens (tertiary/aromatic N) is 2. The van der Waals surface area contributed by atoms with Gasteiger partial charge in [0.05, 0.1) is 29.7 Å². The molecule has 38 heavy (non-hydrogen) atoms. The molecular weight excluding hydrogens is 515 g/mol. The van der Waals surface area contributed by atoms with Crippen LogP contribution in [0.3, 0.4) is 0 Å². The first-order chi connectivity index (χ1) is 17.8. The zero-order valence-corrected chi connectivity index (χ0v) is 23.0. The number of aliphatic hydroxyl groups excluding tert-OH is 1. The molecule has 2 aromatic rings. The number of hydrogen-bond donors (Lipinski definition) is 3. The van der Waals surface area contributed by atoms with E-state index in [2.05, 4.69) is 10.0 Å². The minimum Gasteiger partial charge on any atom is -0.487 e. The lowest BCUT2D eigenvalue weighted by Crippen LogP contribution is -2.51. The Labute approximate surface area is 222 Å². The summed E-state index contributed by atoms with van der Waals surface area (Å²) in [5, 5.41) is 12.6. The number of rotatable bonds is 8. The van der Waals surface area contributed by atoms with E-state index in [1.54, 1.807) is 14.0 Å². The maximum atomic E-state index is 13.6. The lowest BCUT2D eigenvalue weighted by atomic mass is 9.99. The number of benzene rings is 2. The summed E-state index contributed by atoms with van der Waals surface area (Å²) < 4.78 is 47.6. The summed E-state index contributed by atoms with van der Waals surface area (Å²) in [5.41, 5.74) is 0.219. The number of carbonyl (C=O) groups excluding carboxylic acids is 2. The summed E-state index contributed by atoms with van der Waals surface area (Å²) >= 11 is 0. The fourth-order valence-corrected chi connectivity index (χ4v) is 5.09. The average molecular weight is 551 g/mol. The van der Waals surface area contributed by atoms with Crippen molar-refractivity contribution in [1.82, 2.24) is 15.1 Å². The van der Waals surface area contributed by atoms with Crippen molar-refractivity contribution in [2.45, 2.75) is 50.8 Å².